The maximum atomic E-state index is 12.0. The number of benzene rings is 1. The molecule has 3 heteroatoms. The molecule has 1 aromatic rings. The molecule has 0 saturated carbocycles. The number of rotatable bonds is 5. The topological polar surface area (TPSA) is 26.3 Å². The Morgan fingerprint density at radius 3 is 3.00 bits per heavy atom. The van der Waals surface area contributed by atoms with Crippen LogP contribution in [0.15, 0.2) is 18.2 Å². The number of ether oxygens (including phenoxy) is 1. The fourth-order valence-electron chi connectivity index (χ4n) is 2.32. The molecule has 1 heterocycles. The molecule has 0 aromatic heterocycles. The number of halogens is 1. The maximum Gasteiger partial charge on any atom is 0.162 e. The van der Waals surface area contributed by atoms with E-state index in [4.69, 9.17) is 16.3 Å². The number of Topliss-reactive ketones (excluding diaryl/α,β-unsaturated/α-hetero) is 1. The van der Waals surface area contributed by atoms with Crippen molar-refractivity contribution in [2.24, 2.45) is 0 Å². The van der Waals surface area contributed by atoms with Gasteiger partial charge >= 0.3 is 0 Å². The van der Waals surface area contributed by atoms with Gasteiger partial charge in [0.1, 0.15) is 0 Å². The minimum Gasteiger partial charge on any atom is -0.378 e. The van der Waals surface area contributed by atoms with Crippen LogP contribution in [0.1, 0.15) is 48.0 Å². The van der Waals surface area contributed by atoms with Crippen LogP contribution < -0.4 is 0 Å². The van der Waals surface area contributed by atoms with Crippen LogP contribution in [0.2, 0.25) is 5.02 Å². The summed E-state index contributed by atoms with van der Waals surface area (Å²) < 4.78 is 5.55. The van der Waals surface area contributed by atoms with Crippen molar-refractivity contribution in [1.82, 2.24) is 0 Å². The fraction of sp³-hybridized carbons (Fsp3) is 0.533. The zero-order valence-corrected chi connectivity index (χ0v) is 11.5. The lowest BCUT2D eigenvalue weighted by atomic mass is 10.0. The van der Waals surface area contributed by atoms with E-state index < -0.39 is 0 Å². The van der Waals surface area contributed by atoms with Gasteiger partial charge in [-0.25, -0.2) is 0 Å². The second-order valence-corrected chi connectivity index (χ2v) is 5.32. The van der Waals surface area contributed by atoms with Crippen molar-refractivity contribution < 1.29 is 9.53 Å². The van der Waals surface area contributed by atoms with Gasteiger partial charge in [0.25, 0.3) is 0 Å². The van der Waals surface area contributed by atoms with Gasteiger partial charge in [-0.1, -0.05) is 11.6 Å². The van der Waals surface area contributed by atoms with E-state index in [-0.39, 0.29) is 5.78 Å². The number of carbonyl (C=O) groups excluding carboxylic acids is 1. The third kappa shape index (κ3) is 3.56. The van der Waals surface area contributed by atoms with Gasteiger partial charge in [0.15, 0.2) is 5.78 Å². The molecule has 18 heavy (non-hydrogen) atoms. The van der Waals surface area contributed by atoms with E-state index >= 15 is 0 Å². The van der Waals surface area contributed by atoms with Gasteiger partial charge in [0.05, 0.1) is 6.10 Å². The first-order chi connectivity index (χ1) is 8.66. The number of aryl methyl sites for hydroxylation is 1. The van der Waals surface area contributed by atoms with E-state index in [1.807, 2.05) is 19.1 Å². The summed E-state index contributed by atoms with van der Waals surface area (Å²) in [7, 11) is 0. The zero-order chi connectivity index (χ0) is 13.0. The molecule has 0 N–H and O–H groups in total. The van der Waals surface area contributed by atoms with Crippen molar-refractivity contribution in [2.75, 3.05) is 6.61 Å². The van der Waals surface area contributed by atoms with E-state index in [9.17, 15) is 4.79 Å². The Morgan fingerprint density at radius 2 is 2.33 bits per heavy atom. The molecule has 1 aliphatic rings. The third-order valence-corrected chi connectivity index (χ3v) is 3.86. The average Bonchev–Trinajstić information content (AvgIpc) is 2.85. The van der Waals surface area contributed by atoms with Crippen LogP contribution in [0.3, 0.4) is 0 Å². The van der Waals surface area contributed by atoms with Crippen molar-refractivity contribution in [3.8, 4) is 0 Å². The van der Waals surface area contributed by atoms with Gasteiger partial charge in [-0.3, -0.25) is 4.79 Å². The Hall–Kier alpha value is -0.860. The molecular weight excluding hydrogens is 248 g/mol. The minimum atomic E-state index is 0.202. The van der Waals surface area contributed by atoms with Crippen LogP contribution in [0.4, 0.5) is 0 Å². The lowest BCUT2D eigenvalue weighted by molar-refractivity contribution is 0.0922. The number of carbonyl (C=O) groups is 1. The Labute approximate surface area is 113 Å². The van der Waals surface area contributed by atoms with E-state index in [2.05, 4.69) is 0 Å². The monoisotopic (exact) mass is 266 g/mol. The highest BCUT2D eigenvalue weighted by molar-refractivity contribution is 6.31. The molecule has 0 amide bonds. The van der Waals surface area contributed by atoms with Crippen LogP contribution in [0, 0.1) is 6.92 Å². The molecule has 0 radical (unpaired) electrons. The van der Waals surface area contributed by atoms with Crippen molar-refractivity contribution in [3.05, 3.63) is 34.3 Å². The normalized spacial score (nSPS) is 19.1. The largest absolute Gasteiger partial charge is 0.378 e. The summed E-state index contributed by atoms with van der Waals surface area (Å²) in [4.78, 5) is 12.0. The second kappa shape index (κ2) is 6.35. The summed E-state index contributed by atoms with van der Waals surface area (Å²) in [6, 6.07) is 5.48. The van der Waals surface area contributed by atoms with Crippen LogP contribution in [-0.2, 0) is 4.74 Å². The number of hydrogen-bond donors (Lipinski definition) is 0. The summed E-state index contributed by atoms with van der Waals surface area (Å²) in [6.07, 6.45) is 5.19. The molecule has 2 rings (SSSR count). The SMILES string of the molecule is Cc1cc(C(=O)CCCC2CCCO2)ccc1Cl. The maximum absolute atomic E-state index is 12.0. The van der Waals surface area contributed by atoms with Gasteiger partial charge in [-0.15, -0.1) is 0 Å². The molecule has 0 spiro atoms. The van der Waals surface area contributed by atoms with Gasteiger partial charge in [0, 0.05) is 23.6 Å². The summed E-state index contributed by atoms with van der Waals surface area (Å²) >= 11 is 5.95. The van der Waals surface area contributed by atoms with Gasteiger partial charge in [-0.2, -0.15) is 0 Å². The van der Waals surface area contributed by atoms with Gasteiger partial charge in [-0.05, 0) is 56.4 Å². The highest BCUT2D eigenvalue weighted by atomic mass is 35.5. The number of ketones is 1. The first-order valence-electron chi connectivity index (χ1n) is 6.58. The first kappa shape index (κ1) is 13.6. The summed E-state index contributed by atoms with van der Waals surface area (Å²) in [5.41, 5.74) is 1.73. The molecule has 1 atom stereocenters. The standard InChI is InChI=1S/C15H19ClO2/c1-11-10-12(7-8-14(11)16)15(17)6-2-4-13-5-3-9-18-13/h7-8,10,13H,2-6,9H2,1H3. The first-order valence-corrected chi connectivity index (χ1v) is 6.95. The molecule has 1 fully saturated rings. The Morgan fingerprint density at radius 1 is 1.50 bits per heavy atom. The fourth-order valence-corrected chi connectivity index (χ4v) is 2.44. The molecule has 2 nitrogen and oxygen atoms in total. The molecule has 1 aliphatic heterocycles. The van der Waals surface area contributed by atoms with Crippen molar-refractivity contribution in [1.29, 1.82) is 0 Å². The van der Waals surface area contributed by atoms with Crippen molar-refractivity contribution >= 4 is 17.4 Å². The molecule has 1 unspecified atom stereocenters. The molecule has 1 saturated heterocycles. The Bertz CT molecular complexity index is 423. The highest BCUT2D eigenvalue weighted by Gasteiger charge is 2.15. The van der Waals surface area contributed by atoms with E-state index in [0.717, 1.165) is 43.4 Å². The molecule has 1 aromatic carbocycles. The smallest absolute Gasteiger partial charge is 0.162 e. The molecule has 98 valence electrons. The third-order valence-electron chi connectivity index (χ3n) is 3.43. The van der Waals surface area contributed by atoms with E-state index in [1.165, 1.54) is 0 Å². The van der Waals surface area contributed by atoms with Crippen molar-refractivity contribution in [3.63, 3.8) is 0 Å². The van der Waals surface area contributed by atoms with Crippen molar-refractivity contribution in [2.45, 2.75) is 45.1 Å². The van der Waals surface area contributed by atoms with Crippen LogP contribution >= 0.6 is 11.6 Å². The van der Waals surface area contributed by atoms with Gasteiger partial charge < -0.3 is 4.74 Å². The zero-order valence-electron chi connectivity index (χ0n) is 10.7. The Kier molecular flexibility index (Phi) is 4.79. The van der Waals surface area contributed by atoms with Crippen LogP contribution in [-0.4, -0.2) is 18.5 Å². The van der Waals surface area contributed by atoms with Gasteiger partial charge in [0.2, 0.25) is 0 Å². The second-order valence-electron chi connectivity index (χ2n) is 4.91. The van der Waals surface area contributed by atoms with E-state index in [0.29, 0.717) is 17.5 Å². The summed E-state index contributed by atoms with van der Waals surface area (Å²) in [6.45, 7) is 2.81. The highest BCUT2D eigenvalue weighted by Crippen LogP contribution is 2.20. The number of hydrogen-bond acceptors (Lipinski definition) is 2. The quantitative estimate of drug-likeness (QED) is 0.748. The molecular formula is C15H19ClO2. The molecule has 0 bridgehead atoms. The Balaban J connectivity index is 1.81. The predicted molar refractivity (Wildman–Crippen MR) is 73.3 cm³/mol. The minimum absolute atomic E-state index is 0.202. The predicted octanol–water partition coefficient (Wildman–Crippen LogP) is 4.18. The summed E-state index contributed by atoms with van der Waals surface area (Å²) in [5.74, 6) is 0.202. The molecule has 0 aliphatic carbocycles. The average molecular weight is 267 g/mol. The summed E-state index contributed by atoms with van der Waals surface area (Å²) in [5, 5.41) is 0.714. The van der Waals surface area contributed by atoms with Crippen LogP contribution in [0.5, 0.6) is 0 Å². The van der Waals surface area contributed by atoms with E-state index in [1.54, 1.807) is 6.07 Å². The lowest BCUT2D eigenvalue weighted by Crippen LogP contribution is -2.06. The lowest BCUT2D eigenvalue weighted by Gasteiger charge is -2.08. The van der Waals surface area contributed by atoms with Crippen LogP contribution in [0.25, 0.3) is 0 Å².